The number of carbonyl (C=O) groups excluding carboxylic acids is 1. The zero-order valence-electron chi connectivity index (χ0n) is 11.6. The van der Waals surface area contributed by atoms with Gasteiger partial charge in [0.1, 0.15) is 0 Å². The standard InChI is InChI=1S/C15H15N3O3/c1-18(8-10-3-2-4-17-7-10)15(19)11-5-13-14(6-12(11)16)21-9-20-13/h2-7H,8-9,16H2,1H3. The van der Waals surface area contributed by atoms with Gasteiger partial charge in [-0.3, -0.25) is 9.78 Å². The molecule has 2 aromatic rings. The van der Waals surface area contributed by atoms with E-state index in [4.69, 9.17) is 15.2 Å². The molecule has 0 aliphatic carbocycles. The van der Waals surface area contributed by atoms with Crippen molar-refractivity contribution >= 4 is 11.6 Å². The predicted molar refractivity (Wildman–Crippen MR) is 77.0 cm³/mol. The zero-order chi connectivity index (χ0) is 14.8. The van der Waals surface area contributed by atoms with Gasteiger partial charge in [-0.25, -0.2) is 0 Å². The number of nitrogens with zero attached hydrogens (tertiary/aromatic N) is 2. The minimum absolute atomic E-state index is 0.151. The van der Waals surface area contributed by atoms with E-state index in [2.05, 4.69) is 4.98 Å². The normalized spacial score (nSPS) is 12.2. The van der Waals surface area contributed by atoms with Crippen LogP contribution in [0.15, 0.2) is 36.7 Å². The molecule has 1 aliphatic heterocycles. The van der Waals surface area contributed by atoms with Gasteiger partial charge in [0.2, 0.25) is 6.79 Å². The molecule has 1 aromatic carbocycles. The van der Waals surface area contributed by atoms with Gasteiger partial charge in [0, 0.05) is 37.7 Å². The molecule has 2 heterocycles. The summed E-state index contributed by atoms with van der Waals surface area (Å²) in [7, 11) is 1.72. The Kier molecular flexibility index (Phi) is 3.35. The summed E-state index contributed by atoms with van der Waals surface area (Å²) < 4.78 is 10.5. The van der Waals surface area contributed by atoms with Gasteiger partial charge in [-0.15, -0.1) is 0 Å². The third kappa shape index (κ3) is 2.60. The van der Waals surface area contributed by atoms with E-state index in [1.165, 1.54) is 0 Å². The predicted octanol–water partition coefficient (Wildman–Crippen LogP) is 1.66. The van der Waals surface area contributed by atoms with E-state index in [1.807, 2.05) is 12.1 Å². The molecule has 0 saturated heterocycles. The molecule has 0 unspecified atom stereocenters. The lowest BCUT2D eigenvalue weighted by Gasteiger charge is -2.18. The Bertz CT molecular complexity index is 673. The van der Waals surface area contributed by atoms with E-state index in [1.54, 1.807) is 36.5 Å². The Labute approximate surface area is 122 Å². The number of rotatable bonds is 3. The van der Waals surface area contributed by atoms with Gasteiger partial charge in [0.15, 0.2) is 11.5 Å². The van der Waals surface area contributed by atoms with Crippen molar-refractivity contribution in [2.45, 2.75) is 6.54 Å². The van der Waals surface area contributed by atoms with Crippen LogP contribution in [0.5, 0.6) is 11.5 Å². The molecular weight excluding hydrogens is 270 g/mol. The molecular formula is C15H15N3O3. The van der Waals surface area contributed by atoms with E-state index in [0.29, 0.717) is 29.3 Å². The molecule has 3 rings (SSSR count). The number of nitrogen functional groups attached to an aromatic ring is 1. The number of ether oxygens (including phenoxy) is 2. The first kappa shape index (κ1) is 13.2. The van der Waals surface area contributed by atoms with E-state index in [0.717, 1.165) is 5.56 Å². The van der Waals surface area contributed by atoms with Gasteiger partial charge in [-0.2, -0.15) is 0 Å². The molecule has 21 heavy (non-hydrogen) atoms. The molecule has 0 radical (unpaired) electrons. The largest absolute Gasteiger partial charge is 0.454 e. The van der Waals surface area contributed by atoms with Crippen molar-refractivity contribution in [3.05, 3.63) is 47.8 Å². The monoisotopic (exact) mass is 285 g/mol. The van der Waals surface area contributed by atoms with Crippen molar-refractivity contribution in [1.29, 1.82) is 0 Å². The SMILES string of the molecule is CN(Cc1cccnc1)C(=O)c1cc2c(cc1N)OCO2. The maximum absolute atomic E-state index is 12.5. The second kappa shape index (κ2) is 5.32. The van der Waals surface area contributed by atoms with Gasteiger partial charge in [-0.05, 0) is 17.7 Å². The van der Waals surface area contributed by atoms with E-state index in [-0.39, 0.29) is 12.7 Å². The molecule has 0 spiro atoms. The second-order valence-corrected chi connectivity index (χ2v) is 4.82. The molecule has 2 N–H and O–H groups in total. The Balaban J connectivity index is 1.82. The van der Waals surface area contributed by atoms with E-state index in [9.17, 15) is 4.79 Å². The lowest BCUT2D eigenvalue weighted by molar-refractivity contribution is 0.0785. The highest BCUT2D eigenvalue weighted by Gasteiger charge is 2.21. The van der Waals surface area contributed by atoms with Crippen molar-refractivity contribution in [3.63, 3.8) is 0 Å². The number of anilines is 1. The lowest BCUT2D eigenvalue weighted by atomic mass is 10.1. The topological polar surface area (TPSA) is 77.7 Å². The molecule has 6 nitrogen and oxygen atoms in total. The molecule has 0 bridgehead atoms. The number of benzene rings is 1. The smallest absolute Gasteiger partial charge is 0.256 e. The number of carbonyl (C=O) groups is 1. The summed E-state index contributed by atoms with van der Waals surface area (Å²) in [5, 5.41) is 0. The summed E-state index contributed by atoms with van der Waals surface area (Å²) in [4.78, 5) is 18.1. The van der Waals surface area contributed by atoms with Crippen LogP contribution in [0.25, 0.3) is 0 Å². The van der Waals surface area contributed by atoms with Crippen LogP contribution in [-0.4, -0.2) is 29.6 Å². The summed E-state index contributed by atoms with van der Waals surface area (Å²) in [5.41, 5.74) is 7.67. The van der Waals surface area contributed by atoms with Crippen LogP contribution < -0.4 is 15.2 Å². The quantitative estimate of drug-likeness (QED) is 0.868. The number of pyridine rings is 1. The third-order valence-corrected chi connectivity index (χ3v) is 3.26. The summed E-state index contributed by atoms with van der Waals surface area (Å²) in [6.45, 7) is 0.610. The lowest BCUT2D eigenvalue weighted by Crippen LogP contribution is -2.27. The highest BCUT2D eigenvalue weighted by Crippen LogP contribution is 2.36. The maximum atomic E-state index is 12.5. The van der Waals surface area contributed by atoms with Gasteiger partial charge in [-0.1, -0.05) is 6.07 Å². The van der Waals surface area contributed by atoms with Crippen molar-refractivity contribution in [2.75, 3.05) is 19.6 Å². The van der Waals surface area contributed by atoms with Gasteiger partial charge >= 0.3 is 0 Å². The van der Waals surface area contributed by atoms with Gasteiger partial charge in [0.25, 0.3) is 5.91 Å². The Hall–Kier alpha value is -2.76. The second-order valence-electron chi connectivity index (χ2n) is 4.82. The van der Waals surface area contributed by atoms with Crippen LogP contribution in [0, 0.1) is 0 Å². The molecule has 1 amide bonds. The number of aromatic nitrogens is 1. The summed E-state index contributed by atoms with van der Waals surface area (Å²) in [5.74, 6) is 0.941. The molecule has 1 aromatic heterocycles. The van der Waals surface area contributed by atoms with Crippen LogP contribution in [-0.2, 0) is 6.54 Å². The molecule has 6 heteroatoms. The zero-order valence-corrected chi connectivity index (χ0v) is 11.6. The number of amides is 1. The first-order valence-electron chi connectivity index (χ1n) is 6.48. The number of nitrogens with two attached hydrogens (primary N) is 1. The van der Waals surface area contributed by atoms with Gasteiger partial charge < -0.3 is 20.1 Å². The van der Waals surface area contributed by atoms with Crippen LogP contribution in [0.1, 0.15) is 15.9 Å². The Morgan fingerprint density at radius 2 is 2.14 bits per heavy atom. The van der Waals surface area contributed by atoms with E-state index < -0.39 is 0 Å². The fourth-order valence-electron chi connectivity index (χ4n) is 2.19. The maximum Gasteiger partial charge on any atom is 0.256 e. The average Bonchev–Trinajstić information content (AvgIpc) is 2.93. The minimum atomic E-state index is -0.172. The first-order valence-corrected chi connectivity index (χ1v) is 6.48. The fourth-order valence-corrected chi connectivity index (χ4v) is 2.19. The van der Waals surface area contributed by atoms with Gasteiger partial charge in [0.05, 0.1) is 5.56 Å². The first-order chi connectivity index (χ1) is 10.1. The van der Waals surface area contributed by atoms with Crippen LogP contribution in [0.2, 0.25) is 0 Å². The number of hydrogen-bond donors (Lipinski definition) is 1. The number of hydrogen-bond acceptors (Lipinski definition) is 5. The minimum Gasteiger partial charge on any atom is -0.454 e. The molecule has 0 atom stereocenters. The highest BCUT2D eigenvalue weighted by molar-refractivity contribution is 6.00. The molecule has 0 saturated carbocycles. The fraction of sp³-hybridized carbons (Fsp3) is 0.200. The van der Waals surface area contributed by atoms with Crippen molar-refractivity contribution in [2.24, 2.45) is 0 Å². The average molecular weight is 285 g/mol. The summed E-state index contributed by atoms with van der Waals surface area (Å²) in [6.07, 6.45) is 3.42. The van der Waals surface area contributed by atoms with Crippen LogP contribution >= 0.6 is 0 Å². The molecule has 1 aliphatic rings. The summed E-state index contributed by atoms with van der Waals surface area (Å²) >= 11 is 0. The molecule has 0 fully saturated rings. The Morgan fingerprint density at radius 3 is 2.86 bits per heavy atom. The van der Waals surface area contributed by atoms with Crippen molar-refractivity contribution in [1.82, 2.24) is 9.88 Å². The Morgan fingerprint density at radius 1 is 1.38 bits per heavy atom. The van der Waals surface area contributed by atoms with Crippen molar-refractivity contribution in [3.8, 4) is 11.5 Å². The molecule has 108 valence electrons. The van der Waals surface area contributed by atoms with E-state index >= 15 is 0 Å². The van der Waals surface area contributed by atoms with Crippen molar-refractivity contribution < 1.29 is 14.3 Å². The third-order valence-electron chi connectivity index (χ3n) is 3.26. The van der Waals surface area contributed by atoms with Crippen LogP contribution in [0.3, 0.4) is 0 Å². The van der Waals surface area contributed by atoms with Crippen LogP contribution in [0.4, 0.5) is 5.69 Å². The number of fused-ring (bicyclic) bond motifs is 1. The highest BCUT2D eigenvalue weighted by atomic mass is 16.7. The summed E-state index contributed by atoms with van der Waals surface area (Å²) in [6, 6.07) is 7.00.